The minimum atomic E-state index is -0.284. The van der Waals surface area contributed by atoms with Gasteiger partial charge in [-0.1, -0.05) is 36.4 Å². The molecule has 1 N–H and O–H groups in total. The predicted octanol–water partition coefficient (Wildman–Crippen LogP) is 3.22. The van der Waals surface area contributed by atoms with E-state index in [1.165, 1.54) is 11.3 Å². The minimum absolute atomic E-state index is 0.204. The Morgan fingerprint density at radius 2 is 1.96 bits per heavy atom. The Kier molecular flexibility index (Phi) is 7.56. The predicted molar refractivity (Wildman–Crippen MR) is 102 cm³/mol. The second kappa shape index (κ2) is 9.90. The number of hydrogen-bond acceptors (Lipinski definition) is 5. The van der Waals surface area contributed by atoms with Crippen LogP contribution in [0.1, 0.15) is 28.6 Å². The van der Waals surface area contributed by atoms with Gasteiger partial charge in [0.05, 0.1) is 17.9 Å². The number of esters is 1. The molecule has 1 aromatic carbocycles. The van der Waals surface area contributed by atoms with E-state index in [1.54, 1.807) is 17.9 Å². The number of thiophene rings is 1. The normalized spacial score (nSPS) is 10.1. The zero-order valence-electron chi connectivity index (χ0n) is 13.9. The molecule has 0 spiro atoms. The molecule has 1 amide bonds. The molecule has 0 aliphatic heterocycles. The van der Waals surface area contributed by atoms with Crippen molar-refractivity contribution >= 4 is 40.5 Å². The van der Waals surface area contributed by atoms with Gasteiger partial charge in [-0.25, -0.2) is 0 Å². The number of thiocarbonyl (C=S) groups is 1. The molecule has 25 heavy (non-hydrogen) atoms. The first kappa shape index (κ1) is 19.1. The molecule has 1 heterocycles. The Morgan fingerprint density at radius 3 is 2.60 bits per heavy atom. The highest BCUT2D eigenvalue weighted by Crippen LogP contribution is 2.10. The molecule has 0 atom stereocenters. The first-order valence-corrected chi connectivity index (χ1v) is 9.22. The molecule has 7 heteroatoms. The molecule has 0 unspecified atom stereocenters. The summed E-state index contributed by atoms with van der Waals surface area (Å²) in [4.78, 5) is 26.2. The van der Waals surface area contributed by atoms with E-state index in [-0.39, 0.29) is 18.3 Å². The summed E-state index contributed by atoms with van der Waals surface area (Å²) in [6.07, 6.45) is 0.204. The smallest absolute Gasteiger partial charge is 0.307 e. The van der Waals surface area contributed by atoms with Crippen LogP contribution in [0, 0.1) is 0 Å². The van der Waals surface area contributed by atoms with Crippen molar-refractivity contribution in [2.24, 2.45) is 0 Å². The number of amides is 1. The summed E-state index contributed by atoms with van der Waals surface area (Å²) in [6, 6.07) is 13.3. The molecule has 2 aromatic rings. The van der Waals surface area contributed by atoms with E-state index in [0.717, 1.165) is 5.56 Å². The fourth-order valence-electron chi connectivity index (χ4n) is 2.16. The summed E-state index contributed by atoms with van der Waals surface area (Å²) in [6.45, 7) is 2.99. The molecule has 1 aromatic heterocycles. The molecular weight excluding hydrogens is 356 g/mol. The highest BCUT2D eigenvalue weighted by atomic mass is 32.1. The first-order valence-electron chi connectivity index (χ1n) is 7.93. The van der Waals surface area contributed by atoms with Crippen LogP contribution in [-0.4, -0.2) is 35.0 Å². The van der Waals surface area contributed by atoms with Gasteiger partial charge in [0, 0.05) is 13.1 Å². The van der Waals surface area contributed by atoms with Gasteiger partial charge < -0.3 is 9.64 Å². The van der Waals surface area contributed by atoms with Gasteiger partial charge in [0.15, 0.2) is 5.11 Å². The molecular formula is C18H20N2O3S2. The number of nitrogens with one attached hydrogen (secondary N) is 1. The van der Waals surface area contributed by atoms with Gasteiger partial charge in [-0.05, 0) is 36.2 Å². The van der Waals surface area contributed by atoms with Gasteiger partial charge in [0.2, 0.25) is 0 Å². The molecule has 0 fully saturated rings. The standard InChI is InChI=1S/C18H20N2O3S2/c1-2-23-16(21)10-11-20(13-14-7-4-3-5-8-14)18(24)19-17(22)15-9-6-12-25-15/h3-9,12H,2,10-11,13H2,1H3,(H,19,22,24). The average Bonchev–Trinajstić information content (AvgIpc) is 3.14. The fraction of sp³-hybridized carbons (Fsp3) is 0.278. The molecule has 0 aliphatic rings. The molecule has 2 rings (SSSR count). The highest BCUT2D eigenvalue weighted by molar-refractivity contribution is 7.80. The van der Waals surface area contributed by atoms with Crippen molar-refractivity contribution in [2.75, 3.05) is 13.2 Å². The van der Waals surface area contributed by atoms with E-state index >= 15 is 0 Å². The number of carbonyl (C=O) groups excluding carboxylic acids is 2. The summed E-state index contributed by atoms with van der Waals surface area (Å²) >= 11 is 6.74. The van der Waals surface area contributed by atoms with Crippen molar-refractivity contribution in [2.45, 2.75) is 19.9 Å². The van der Waals surface area contributed by atoms with Crippen LogP contribution < -0.4 is 5.32 Å². The fourth-order valence-corrected chi connectivity index (χ4v) is 3.03. The monoisotopic (exact) mass is 376 g/mol. The van der Waals surface area contributed by atoms with E-state index in [4.69, 9.17) is 17.0 Å². The SMILES string of the molecule is CCOC(=O)CCN(Cc1ccccc1)C(=S)NC(=O)c1cccs1. The van der Waals surface area contributed by atoms with E-state index in [2.05, 4.69) is 5.32 Å². The maximum Gasteiger partial charge on any atom is 0.307 e. The average molecular weight is 377 g/mol. The summed E-state index contributed by atoms with van der Waals surface area (Å²) in [7, 11) is 0. The molecule has 0 saturated carbocycles. The lowest BCUT2D eigenvalue weighted by Gasteiger charge is -2.25. The maximum absolute atomic E-state index is 12.2. The van der Waals surface area contributed by atoms with Crippen LogP contribution in [0.4, 0.5) is 0 Å². The zero-order valence-corrected chi connectivity index (χ0v) is 15.6. The second-order valence-electron chi connectivity index (χ2n) is 5.20. The Hall–Kier alpha value is -2.25. The molecule has 0 aliphatic carbocycles. The van der Waals surface area contributed by atoms with Crippen molar-refractivity contribution < 1.29 is 14.3 Å². The van der Waals surface area contributed by atoms with Crippen LogP contribution in [0.3, 0.4) is 0 Å². The Morgan fingerprint density at radius 1 is 1.20 bits per heavy atom. The highest BCUT2D eigenvalue weighted by Gasteiger charge is 2.16. The lowest BCUT2D eigenvalue weighted by Crippen LogP contribution is -2.43. The van der Waals surface area contributed by atoms with Crippen molar-refractivity contribution in [1.82, 2.24) is 10.2 Å². The third-order valence-corrected chi connectivity index (χ3v) is 4.59. The summed E-state index contributed by atoms with van der Waals surface area (Å²) in [5.74, 6) is -0.526. The van der Waals surface area contributed by atoms with Crippen LogP contribution in [0.25, 0.3) is 0 Å². The number of carbonyl (C=O) groups is 2. The van der Waals surface area contributed by atoms with Crippen LogP contribution in [0.5, 0.6) is 0 Å². The zero-order chi connectivity index (χ0) is 18.1. The van der Waals surface area contributed by atoms with Gasteiger partial charge >= 0.3 is 5.97 Å². The maximum atomic E-state index is 12.2. The van der Waals surface area contributed by atoms with E-state index in [9.17, 15) is 9.59 Å². The van der Waals surface area contributed by atoms with Crippen molar-refractivity contribution in [3.05, 3.63) is 58.3 Å². The number of nitrogens with zero attached hydrogens (tertiary/aromatic N) is 1. The van der Waals surface area contributed by atoms with E-state index in [1.807, 2.05) is 41.8 Å². The number of ether oxygens (including phenoxy) is 1. The van der Waals surface area contributed by atoms with Crippen LogP contribution >= 0.6 is 23.6 Å². The Balaban J connectivity index is 2.02. The number of benzene rings is 1. The molecule has 0 radical (unpaired) electrons. The molecule has 0 saturated heterocycles. The van der Waals surface area contributed by atoms with Gasteiger partial charge in [0.25, 0.3) is 5.91 Å². The van der Waals surface area contributed by atoms with Crippen LogP contribution in [0.15, 0.2) is 47.8 Å². The van der Waals surface area contributed by atoms with E-state index < -0.39 is 0 Å². The Bertz CT molecular complexity index is 702. The lowest BCUT2D eigenvalue weighted by molar-refractivity contribution is -0.143. The third kappa shape index (κ3) is 6.28. The topological polar surface area (TPSA) is 58.6 Å². The van der Waals surface area contributed by atoms with E-state index in [0.29, 0.717) is 29.7 Å². The molecule has 132 valence electrons. The molecule has 5 nitrogen and oxygen atoms in total. The summed E-state index contributed by atoms with van der Waals surface area (Å²) < 4.78 is 4.97. The van der Waals surface area contributed by atoms with Crippen molar-refractivity contribution in [1.29, 1.82) is 0 Å². The van der Waals surface area contributed by atoms with Crippen LogP contribution in [-0.2, 0) is 16.1 Å². The summed E-state index contributed by atoms with van der Waals surface area (Å²) in [5, 5.41) is 4.87. The third-order valence-electron chi connectivity index (χ3n) is 3.36. The Labute approximate surface area is 156 Å². The second-order valence-corrected chi connectivity index (χ2v) is 6.53. The van der Waals surface area contributed by atoms with Crippen LogP contribution in [0.2, 0.25) is 0 Å². The van der Waals surface area contributed by atoms with Crippen molar-refractivity contribution in [3.8, 4) is 0 Å². The lowest BCUT2D eigenvalue weighted by atomic mass is 10.2. The number of hydrogen-bond donors (Lipinski definition) is 1. The largest absolute Gasteiger partial charge is 0.466 e. The van der Waals surface area contributed by atoms with Gasteiger partial charge in [-0.3, -0.25) is 14.9 Å². The van der Waals surface area contributed by atoms with Gasteiger partial charge in [0.1, 0.15) is 0 Å². The number of rotatable bonds is 7. The quantitative estimate of drug-likeness (QED) is 0.594. The summed E-state index contributed by atoms with van der Waals surface area (Å²) in [5.41, 5.74) is 1.04. The minimum Gasteiger partial charge on any atom is -0.466 e. The van der Waals surface area contributed by atoms with Crippen molar-refractivity contribution in [3.63, 3.8) is 0 Å². The van der Waals surface area contributed by atoms with Gasteiger partial charge in [-0.15, -0.1) is 11.3 Å². The first-order chi connectivity index (χ1) is 12.1. The molecule has 0 bridgehead atoms. The van der Waals surface area contributed by atoms with Gasteiger partial charge in [-0.2, -0.15) is 0 Å².